The van der Waals surface area contributed by atoms with Crippen LogP contribution in [0.25, 0.3) is 0 Å². The molecule has 0 spiro atoms. The molecule has 2 rings (SSSR count). The lowest BCUT2D eigenvalue weighted by Gasteiger charge is -2.38. The van der Waals surface area contributed by atoms with E-state index in [1.165, 1.54) is 24.2 Å². The van der Waals surface area contributed by atoms with Crippen LogP contribution in [0.15, 0.2) is 0 Å². The first-order valence-electron chi connectivity index (χ1n) is 12.9. The van der Waals surface area contributed by atoms with Crippen LogP contribution < -0.4 is 16.4 Å². The van der Waals surface area contributed by atoms with Crippen LogP contribution in [0.4, 0.5) is 4.79 Å². The Kier molecular flexibility index (Phi) is 12.9. The Hall–Kier alpha value is -1.68. The molecule has 0 aromatic rings. The van der Waals surface area contributed by atoms with Gasteiger partial charge in [0.05, 0.1) is 11.9 Å². The van der Waals surface area contributed by atoms with Crippen LogP contribution in [0.3, 0.4) is 0 Å². The van der Waals surface area contributed by atoms with E-state index in [9.17, 15) is 14.4 Å². The van der Waals surface area contributed by atoms with Crippen LogP contribution in [0, 0.1) is 17.2 Å². The summed E-state index contributed by atoms with van der Waals surface area (Å²) in [6.45, 7) is 12.1. The highest BCUT2D eigenvalue weighted by atomic mass is 35.5. The first-order valence-corrected chi connectivity index (χ1v) is 13.8. The molecule has 0 bridgehead atoms. The number of hydrogen-bond acceptors (Lipinski definition) is 6. The molecule has 0 unspecified atom stereocenters. The predicted molar refractivity (Wildman–Crippen MR) is 148 cm³/mol. The van der Waals surface area contributed by atoms with E-state index >= 15 is 0 Å². The Morgan fingerprint density at radius 3 is 2.28 bits per heavy atom. The number of hydrogen-bond donors (Lipinski definition) is 4. The Balaban J connectivity index is 0.00000648. The minimum absolute atomic E-state index is 0. The highest BCUT2D eigenvalue weighted by Gasteiger charge is 2.47. The minimum Gasteiger partial charge on any atom is -0.447 e. The van der Waals surface area contributed by atoms with E-state index in [1.807, 2.05) is 27.7 Å². The second kappa shape index (κ2) is 14.3. The van der Waals surface area contributed by atoms with Crippen molar-refractivity contribution < 1.29 is 19.1 Å². The number of halogens is 1. The third-order valence-corrected chi connectivity index (χ3v) is 8.02. The minimum atomic E-state index is -0.916. The van der Waals surface area contributed by atoms with E-state index < -0.39 is 28.8 Å². The fraction of sp³-hybridized carbons (Fsp3) is 0.840. The van der Waals surface area contributed by atoms with Gasteiger partial charge in [0.25, 0.3) is 0 Å². The molecule has 5 N–H and O–H groups in total. The van der Waals surface area contributed by atoms with Crippen LogP contribution >= 0.6 is 24.2 Å². The standard InChI is InChI=1S/C25H45N5O4S.ClH/c1-15(2)34-24(33)29-20(25(5,6)35-16(3)4)23(32)30-14-18(21(26)27)12-19(30)22(31)28-13-17-10-8-7-9-11-17;/h15-20H,7-14H2,1-6H3,(H3,26,27)(H,28,31)(H,29,33);1H/t18-,19+,20+;/m1./s1. The molecule has 36 heavy (non-hydrogen) atoms. The van der Waals surface area contributed by atoms with Crippen molar-refractivity contribution in [3.8, 4) is 0 Å². The first-order chi connectivity index (χ1) is 16.3. The van der Waals surface area contributed by atoms with Crippen molar-refractivity contribution in [3.63, 3.8) is 0 Å². The molecule has 1 heterocycles. The van der Waals surface area contributed by atoms with Gasteiger partial charge in [0.2, 0.25) is 11.8 Å². The lowest BCUT2D eigenvalue weighted by atomic mass is 9.89. The van der Waals surface area contributed by atoms with Gasteiger partial charge in [-0.25, -0.2) is 4.79 Å². The van der Waals surface area contributed by atoms with Crippen LogP contribution in [-0.2, 0) is 14.3 Å². The molecule has 11 heteroatoms. The van der Waals surface area contributed by atoms with Crippen molar-refractivity contribution >= 4 is 47.9 Å². The summed E-state index contributed by atoms with van der Waals surface area (Å²) in [7, 11) is 0. The number of rotatable bonds is 10. The molecule has 1 saturated heterocycles. The van der Waals surface area contributed by atoms with Gasteiger partial charge in [0, 0.05) is 23.8 Å². The molecular weight excluding hydrogens is 502 g/mol. The van der Waals surface area contributed by atoms with Crippen LogP contribution in [-0.4, -0.2) is 69.9 Å². The molecule has 0 aromatic heterocycles. The van der Waals surface area contributed by atoms with Gasteiger partial charge in [-0.2, -0.15) is 11.8 Å². The number of thioether (sulfide) groups is 1. The van der Waals surface area contributed by atoms with E-state index in [0.717, 1.165) is 12.8 Å². The van der Waals surface area contributed by atoms with Crippen LogP contribution in [0.1, 0.15) is 80.1 Å². The summed E-state index contributed by atoms with van der Waals surface area (Å²) in [5.41, 5.74) is 5.80. The summed E-state index contributed by atoms with van der Waals surface area (Å²) >= 11 is 1.57. The lowest BCUT2D eigenvalue weighted by Crippen LogP contribution is -2.60. The molecule has 9 nitrogen and oxygen atoms in total. The summed E-state index contributed by atoms with van der Waals surface area (Å²) < 4.78 is 4.60. The SMILES string of the molecule is CC(C)OC(=O)N[C@@H](C(=O)N1C[C@H](C(=N)N)C[C@H]1C(=O)NCC1CCCCC1)C(C)(C)SC(C)C.Cl. The zero-order chi connectivity index (χ0) is 26.3. The normalized spacial score (nSPS) is 21.6. The first kappa shape index (κ1) is 32.3. The maximum Gasteiger partial charge on any atom is 0.408 e. The average Bonchev–Trinajstić information content (AvgIpc) is 3.20. The lowest BCUT2D eigenvalue weighted by molar-refractivity contribution is -0.140. The van der Waals surface area contributed by atoms with E-state index in [2.05, 4.69) is 10.6 Å². The topological polar surface area (TPSA) is 138 Å². The number of nitrogens with one attached hydrogen (secondary N) is 3. The van der Waals surface area contributed by atoms with Gasteiger partial charge >= 0.3 is 6.09 Å². The second-order valence-corrected chi connectivity index (χ2v) is 13.2. The zero-order valence-electron chi connectivity index (χ0n) is 22.6. The van der Waals surface area contributed by atoms with Crippen molar-refractivity contribution in [3.05, 3.63) is 0 Å². The van der Waals surface area contributed by atoms with Crippen molar-refractivity contribution in [2.75, 3.05) is 13.1 Å². The molecule has 1 saturated carbocycles. The molecule has 3 amide bonds. The van der Waals surface area contributed by atoms with Gasteiger partial charge in [-0.05, 0) is 58.1 Å². The van der Waals surface area contributed by atoms with Crippen LogP contribution in [0.5, 0.6) is 0 Å². The van der Waals surface area contributed by atoms with Crippen molar-refractivity contribution in [1.29, 1.82) is 5.41 Å². The van der Waals surface area contributed by atoms with Crippen molar-refractivity contribution in [2.24, 2.45) is 17.6 Å². The van der Waals surface area contributed by atoms with Gasteiger partial charge in [0.1, 0.15) is 12.1 Å². The summed E-state index contributed by atoms with van der Waals surface area (Å²) in [6, 6.07) is -1.65. The highest BCUT2D eigenvalue weighted by molar-refractivity contribution is 8.01. The quantitative estimate of drug-likeness (QED) is 0.243. The van der Waals surface area contributed by atoms with Gasteiger partial charge in [-0.1, -0.05) is 33.1 Å². The number of carbonyl (C=O) groups excluding carboxylic acids is 3. The Morgan fingerprint density at radius 2 is 1.75 bits per heavy atom. The molecule has 2 aliphatic rings. The van der Waals surface area contributed by atoms with Gasteiger partial charge < -0.3 is 26.0 Å². The summed E-state index contributed by atoms with van der Waals surface area (Å²) in [6.07, 6.45) is 5.12. The monoisotopic (exact) mass is 547 g/mol. The average molecular weight is 548 g/mol. The number of amides is 3. The number of amidine groups is 1. The Labute approximate surface area is 226 Å². The number of nitrogens with zero attached hydrogens (tertiary/aromatic N) is 1. The van der Waals surface area contributed by atoms with E-state index in [-0.39, 0.29) is 48.0 Å². The van der Waals surface area contributed by atoms with Crippen molar-refractivity contribution in [2.45, 2.75) is 108 Å². The third-order valence-electron chi connectivity index (χ3n) is 6.70. The number of likely N-dealkylation sites (tertiary alicyclic amines) is 1. The molecule has 0 radical (unpaired) electrons. The fourth-order valence-electron chi connectivity index (χ4n) is 5.05. The highest BCUT2D eigenvalue weighted by Crippen LogP contribution is 2.35. The molecule has 3 atom stereocenters. The predicted octanol–water partition coefficient (Wildman–Crippen LogP) is 3.68. The van der Waals surface area contributed by atoms with Crippen LogP contribution in [0.2, 0.25) is 0 Å². The summed E-state index contributed by atoms with van der Waals surface area (Å²) in [5.74, 6) is -0.544. The molecule has 1 aliphatic carbocycles. The fourth-order valence-corrected chi connectivity index (χ4v) is 6.56. The maximum absolute atomic E-state index is 13.9. The Morgan fingerprint density at radius 1 is 1.14 bits per heavy atom. The molecular formula is C25H46ClN5O4S. The molecule has 208 valence electrons. The van der Waals surface area contributed by atoms with Crippen molar-refractivity contribution in [1.82, 2.24) is 15.5 Å². The van der Waals surface area contributed by atoms with E-state index in [0.29, 0.717) is 18.9 Å². The number of ether oxygens (including phenoxy) is 1. The van der Waals surface area contributed by atoms with Gasteiger partial charge in [0.15, 0.2) is 0 Å². The number of alkyl carbamates (subject to hydrolysis) is 1. The number of carbonyl (C=O) groups is 3. The molecule has 2 fully saturated rings. The third kappa shape index (κ3) is 9.32. The molecule has 1 aliphatic heterocycles. The summed E-state index contributed by atoms with van der Waals surface area (Å²) in [4.78, 5) is 41.2. The maximum atomic E-state index is 13.9. The largest absolute Gasteiger partial charge is 0.447 e. The summed E-state index contributed by atoms with van der Waals surface area (Å²) in [5, 5.41) is 14.0. The van der Waals surface area contributed by atoms with E-state index in [1.54, 1.807) is 25.6 Å². The Bertz CT molecular complexity index is 774. The van der Waals surface area contributed by atoms with Gasteiger partial charge in [-0.3, -0.25) is 15.0 Å². The number of nitrogens with two attached hydrogens (primary N) is 1. The second-order valence-electron chi connectivity index (χ2n) is 10.9. The van der Waals surface area contributed by atoms with Gasteiger partial charge in [-0.15, -0.1) is 12.4 Å². The zero-order valence-corrected chi connectivity index (χ0v) is 24.2. The smallest absolute Gasteiger partial charge is 0.408 e. The molecule has 0 aromatic carbocycles. The van der Waals surface area contributed by atoms with E-state index in [4.69, 9.17) is 15.9 Å².